The third-order valence-electron chi connectivity index (χ3n) is 1.98. The zero-order chi connectivity index (χ0) is 10.8. The van der Waals surface area contributed by atoms with Crippen molar-refractivity contribution in [1.82, 2.24) is 5.16 Å². The molecule has 2 rings (SSSR count). The minimum absolute atomic E-state index is 0.349. The van der Waals surface area contributed by atoms with E-state index in [2.05, 4.69) is 21.1 Å². The van der Waals surface area contributed by atoms with Crippen LogP contribution in [0.2, 0.25) is 5.02 Å². The van der Waals surface area contributed by atoms with E-state index in [1.54, 1.807) is 6.07 Å². The topological polar surface area (TPSA) is 52.0 Å². The number of rotatable bonds is 2. The van der Waals surface area contributed by atoms with E-state index in [1.165, 1.54) is 0 Å². The van der Waals surface area contributed by atoms with Crippen molar-refractivity contribution in [2.24, 2.45) is 5.73 Å². The van der Waals surface area contributed by atoms with Gasteiger partial charge in [0, 0.05) is 16.1 Å². The minimum Gasteiger partial charge on any atom is -0.359 e. The number of nitrogens with zero attached hydrogens (tertiary/aromatic N) is 1. The van der Waals surface area contributed by atoms with Gasteiger partial charge in [0.15, 0.2) is 5.76 Å². The molecular weight excluding hydrogens is 279 g/mol. The smallest absolute Gasteiger partial charge is 0.150 e. The van der Waals surface area contributed by atoms with Crippen molar-refractivity contribution < 1.29 is 4.52 Å². The lowest BCUT2D eigenvalue weighted by Gasteiger charge is -1.98. The molecule has 1 aromatic carbocycles. The van der Waals surface area contributed by atoms with Crippen LogP contribution in [-0.4, -0.2) is 5.16 Å². The summed E-state index contributed by atoms with van der Waals surface area (Å²) in [6.45, 7) is 0.349. The van der Waals surface area contributed by atoms with Crippen molar-refractivity contribution in [3.63, 3.8) is 0 Å². The molecule has 0 amide bonds. The summed E-state index contributed by atoms with van der Waals surface area (Å²) < 4.78 is 5.85. The molecule has 0 saturated heterocycles. The summed E-state index contributed by atoms with van der Waals surface area (Å²) in [6.07, 6.45) is 0. The van der Waals surface area contributed by atoms with E-state index in [0.717, 1.165) is 15.7 Å². The van der Waals surface area contributed by atoms with E-state index >= 15 is 0 Å². The third-order valence-corrected chi connectivity index (χ3v) is 3.19. The lowest BCUT2D eigenvalue weighted by molar-refractivity contribution is 0.387. The molecule has 0 spiro atoms. The van der Waals surface area contributed by atoms with Crippen LogP contribution in [0.4, 0.5) is 0 Å². The maximum absolute atomic E-state index is 5.89. The van der Waals surface area contributed by atoms with Crippen LogP contribution in [0.1, 0.15) is 5.76 Å². The molecule has 0 aliphatic heterocycles. The number of benzene rings is 1. The largest absolute Gasteiger partial charge is 0.359 e. The summed E-state index contributed by atoms with van der Waals surface area (Å²) in [5.41, 5.74) is 7.13. The molecule has 2 N–H and O–H groups in total. The van der Waals surface area contributed by atoms with Gasteiger partial charge in [0.25, 0.3) is 0 Å². The van der Waals surface area contributed by atoms with Crippen LogP contribution in [-0.2, 0) is 6.54 Å². The summed E-state index contributed by atoms with van der Waals surface area (Å²) in [6, 6.07) is 7.39. The Kier molecular flexibility index (Phi) is 3.09. The molecule has 1 aromatic heterocycles. The van der Waals surface area contributed by atoms with Crippen LogP contribution in [0.15, 0.2) is 33.3 Å². The number of nitrogens with two attached hydrogens (primary N) is 1. The number of halogens is 2. The van der Waals surface area contributed by atoms with Gasteiger partial charge in [0.05, 0.1) is 11.6 Å². The molecule has 0 bridgehead atoms. The molecule has 1 heterocycles. The highest BCUT2D eigenvalue weighted by Gasteiger charge is 2.06. The lowest BCUT2D eigenvalue weighted by atomic mass is 10.1. The summed E-state index contributed by atoms with van der Waals surface area (Å²) >= 11 is 9.24. The Morgan fingerprint density at radius 2 is 2.20 bits per heavy atom. The van der Waals surface area contributed by atoms with E-state index in [9.17, 15) is 0 Å². The molecule has 0 radical (unpaired) electrons. The molecule has 0 saturated carbocycles. The maximum Gasteiger partial charge on any atom is 0.150 e. The normalized spacial score (nSPS) is 10.6. The van der Waals surface area contributed by atoms with Crippen LogP contribution in [0.5, 0.6) is 0 Å². The molecular formula is C10H8BrClN2O. The summed E-state index contributed by atoms with van der Waals surface area (Å²) in [5, 5.41) is 4.58. The average molecular weight is 288 g/mol. The Hall–Kier alpha value is -0.840. The van der Waals surface area contributed by atoms with Crippen LogP contribution in [0.3, 0.4) is 0 Å². The first kappa shape index (κ1) is 10.7. The Morgan fingerprint density at radius 1 is 1.40 bits per heavy atom. The first-order valence-electron chi connectivity index (χ1n) is 4.32. The summed E-state index contributed by atoms with van der Waals surface area (Å²) in [7, 11) is 0. The standard InChI is InChI=1S/C10H8BrClN2O/c11-8-3-6(1-2-9(8)12)10-4-7(5-13)15-14-10/h1-4H,5,13H2. The predicted octanol–water partition coefficient (Wildman–Crippen LogP) is 3.22. The van der Waals surface area contributed by atoms with Gasteiger partial charge in [-0.25, -0.2) is 0 Å². The Morgan fingerprint density at radius 3 is 2.80 bits per heavy atom. The van der Waals surface area contributed by atoms with Gasteiger partial charge >= 0.3 is 0 Å². The molecule has 5 heteroatoms. The van der Waals surface area contributed by atoms with E-state index in [-0.39, 0.29) is 0 Å². The van der Waals surface area contributed by atoms with Gasteiger partial charge in [-0.2, -0.15) is 0 Å². The Labute approximate surface area is 100 Å². The van der Waals surface area contributed by atoms with Crippen molar-refractivity contribution in [3.8, 4) is 11.3 Å². The van der Waals surface area contributed by atoms with Gasteiger partial charge in [-0.3, -0.25) is 0 Å². The molecule has 0 aliphatic rings. The highest BCUT2D eigenvalue weighted by molar-refractivity contribution is 9.10. The number of aromatic nitrogens is 1. The lowest BCUT2D eigenvalue weighted by Crippen LogP contribution is -1.92. The highest BCUT2D eigenvalue weighted by Crippen LogP contribution is 2.28. The van der Waals surface area contributed by atoms with Crippen molar-refractivity contribution in [2.75, 3.05) is 0 Å². The predicted molar refractivity (Wildman–Crippen MR) is 62.5 cm³/mol. The van der Waals surface area contributed by atoms with E-state index in [1.807, 2.05) is 18.2 Å². The zero-order valence-electron chi connectivity index (χ0n) is 7.71. The van der Waals surface area contributed by atoms with E-state index < -0.39 is 0 Å². The maximum atomic E-state index is 5.89. The molecule has 0 unspecified atom stereocenters. The fourth-order valence-electron chi connectivity index (χ4n) is 1.20. The fraction of sp³-hybridized carbons (Fsp3) is 0.100. The van der Waals surface area contributed by atoms with Crippen LogP contribution in [0, 0.1) is 0 Å². The highest BCUT2D eigenvalue weighted by atomic mass is 79.9. The number of hydrogen-bond acceptors (Lipinski definition) is 3. The van der Waals surface area contributed by atoms with Gasteiger partial charge in [-0.1, -0.05) is 22.8 Å². The van der Waals surface area contributed by atoms with Crippen molar-refractivity contribution in [3.05, 3.63) is 39.5 Å². The minimum atomic E-state index is 0.349. The molecule has 0 atom stereocenters. The van der Waals surface area contributed by atoms with Crippen LogP contribution >= 0.6 is 27.5 Å². The van der Waals surface area contributed by atoms with Crippen LogP contribution in [0.25, 0.3) is 11.3 Å². The Balaban J connectivity index is 2.40. The van der Waals surface area contributed by atoms with Crippen molar-refractivity contribution in [2.45, 2.75) is 6.54 Å². The first-order valence-corrected chi connectivity index (χ1v) is 5.49. The second kappa shape index (κ2) is 4.35. The van der Waals surface area contributed by atoms with Crippen molar-refractivity contribution in [1.29, 1.82) is 0 Å². The molecule has 3 nitrogen and oxygen atoms in total. The number of hydrogen-bond donors (Lipinski definition) is 1. The second-order valence-electron chi connectivity index (χ2n) is 3.01. The van der Waals surface area contributed by atoms with Gasteiger partial charge in [0.2, 0.25) is 0 Å². The van der Waals surface area contributed by atoms with Gasteiger partial charge < -0.3 is 10.3 Å². The van der Waals surface area contributed by atoms with Gasteiger partial charge in [-0.15, -0.1) is 0 Å². The second-order valence-corrected chi connectivity index (χ2v) is 4.27. The SMILES string of the molecule is NCc1cc(-c2ccc(Cl)c(Br)c2)no1. The van der Waals surface area contributed by atoms with Gasteiger partial charge in [0.1, 0.15) is 5.69 Å². The summed E-state index contributed by atoms with van der Waals surface area (Å²) in [4.78, 5) is 0. The molecule has 0 aliphatic carbocycles. The third kappa shape index (κ3) is 2.22. The zero-order valence-corrected chi connectivity index (χ0v) is 10.0. The van der Waals surface area contributed by atoms with E-state index in [0.29, 0.717) is 17.3 Å². The molecule has 0 fully saturated rings. The average Bonchev–Trinajstić information content (AvgIpc) is 2.70. The fourth-order valence-corrected chi connectivity index (χ4v) is 1.70. The first-order chi connectivity index (χ1) is 7.20. The van der Waals surface area contributed by atoms with E-state index in [4.69, 9.17) is 21.9 Å². The summed E-state index contributed by atoms with van der Waals surface area (Å²) in [5.74, 6) is 0.663. The Bertz CT molecular complexity index is 484. The molecule has 15 heavy (non-hydrogen) atoms. The molecule has 78 valence electrons. The molecule has 2 aromatic rings. The van der Waals surface area contributed by atoms with Crippen LogP contribution < -0.4 is 5.73 Å². The van der Waals surface area contributed by atoms with Crippen molar-refractivity contribution >= 4 is 27.5 Å². The quantitative estimate of drug-likeness (QED) is 0.922. The van der Waals surface area contributed by atoms with Gasteiger partial charge in [-0.05, 0) is 28.1 Å². The monoisotopic (exact) mass is 286 g/mol.